The molecule has 0 fully saturated rings. The predicted molar refractivity (Wildman–Crippen MR) is 91.1 cm³/mol. The molecule has 2 rings (SSSR count). The van der Waals surface area contributed by atoms with E-state index < -0.39 is 33.3 Å². The van der Waals surface area contributed by atoms with Crippen LogP contribution in [0.1, 0.15) is 12.0 Å². The van der Waals surface area contributed by atoms with Crippen LogP contribution in [0.15, 0.2) is 53.4 Å². The van der Waals surface area contributed by atoms with Crippen LogP contribution in [0.4, 0.5) is 13.2 Å². The summed E-state index contributed by atoms with van der Waals surface area (Å²) in [4.78, 5) is 11.3. The Morgan fingerprint density at radius 2 is 1.74 bits per heavy atom. The highest BCUT2D eigenvalue weighted by Gasteiger charge is 2.18. The van der Waals surface area contributed by atoms with Crippen molar-refractivity contribution in [1.29, 1.82) is 0 Å². The summed E-state index contributed by atoms with van der Waals surface area (Å²) in [5.41, 5.74) is 0.650. The third-order valence-electron chi connectivity index (χ3n) is 3.41. The molecule has 2 N–H and O–H groups in total. The van der Waals surface area contributed by atoms with Gasteiger partial charge in [0, 0.05) is 19.5 Å². The molecule has 0 spiro atoms. The predicted octanol–water partition coefficient (Wildman–Crippen LogP) is 2.41. The highest BCUT2D eigenvalue weighted by molar-refractivity contribution is 7.89. The third kappa shape index (κ3) is 6.57. The lowest BCUT2D eigenvalue weighted by molar-refractivity contribution is -0.121. The summed E-state index contributed by atoms with van der Waals surface area (Å²) in [5, 5.41) is 2.56. The first-order valence-corrected chi connectivity index (χ1v) is 9.31. The smallest absolute Gasteiger partial charge is 0.387 e. The second-order valence-electron chi connectivity index (χ2n) is 5.38. The van der Waals surface area contributed by atoms with Crippen molar-refractivity contribution in [1.82, 2.24) is 10.0 Å². The van der Waals surface area contributed by atoms with Crippen molar-refractivity contribution in [3.63, 3.8) is 0 Å². The average molecular weight is 402 g/mol. The standard InChI is InChI=1S/C17H17F3N2O4S/c18-14-3-1-2-4-15(14)27(24,25)22-10-9-16(23)21-11-12-5-7-13(8-6-12)26-17(19)20/h1-8,17,22H,9-11H2,(H,21,23). The quantitative estimate of drug-likeness (QED) is 0.675. The lowest BCUT2D eigenvalue weighted by Crippen LogP contribution is -2.31. The Bertz CT molecular complexity index is 874. The number of carbonyl (C=O) groups is 1. The zero-order valence-corrected chi connectivity index (χ0v) is 14.8. The minimum atomic E-state index is -4.05. The van der Waals surface area contributed by atoms with E-state index in [1.165, 1.54) is 36.4 Å². The molecule has 27 heavy (non-hydrogen) atoms. The van der Waals surface area contributed by atoms with Crippen LogP contribution in [-0.2, 0) is 21.4 Å². The van der Waals surface area contributed by atoms with Crippen molar-refractivity contribution >= 4 is 15.9 Å². The van der Waals surface area contributed by atoms with Crippen LogP contribution in [0.2, 0.25) is 0 Å². The molecule has 1 amide bonds. The van der Waals surface area contributed by atoms with E-state index in [-0.39, 0.29) is 25.3 Å². The van der Waals surface area contributed by atoms with Gasteiger partial charge in [-0.2, -0.15) is 8.78 Å². The van der Waals surface area contributed by atoms with Gasteiger partial charge in [0.05, 0.1) is 0 Å². The van der Waals surface area contributed by atoms with Crippen LogP contribution in [0, 0.1) is 5.82 Å². The van der Waals surface area contributed by atoms with Crippen molar-refractivity contribution < 1.29 is 31.1 Å². The lowest BCUT2D eigenvalue weighted by atomic mass is 10.2. The zero-order valence-electron chi connectivity index (χ0n) is 14.0. The molecule has 0 bridgehead atoms. The van der Waals surface area contributed by atoms with E-state index in [1.54, 1.807) is 0 Å². The van der Waals surface area contributed by atoms with Crippen LogP contribution in [0.25, 0.3) is 0 Å². The Hall–Kier alpha value is -2.59. The van der Waals surface area contributed by atoms with Gasteiger partial charge in [-0.15, -0.1) is 0 Å². The fourth-order valence-corrected chi connectivity index (χ4v) is 3.23. The van der Waals surface area contributed by atoms with Gasteiger partial charge in [0.2, 0.25) is 15.9 Å². The monoisotopic (exact) mass is 402 g/mol. The normalized spacial score (nSPS) is 11.4. The summed E-state index contributed by atoms with van der Waals surface area (Å²) >= 11 is 0. The van der Waals surface area contributed by atoms with Gasteiger partial charge in [-0.05, 0) is 29.8 Å². The van der Waals surface area contributed by atoms with Gasteiger partial charge in [0.25, 0.3) is 0 Å². The maximum Gasteiger partial charge on any atom is 0.387 e. The number of hydrogen-bond donors (Lipinski definition) is 2. The molecule has 0 aliphatic carbocycles. The Morgan fingerprint density at radius 1 is 1.07 bits per heavy atom. The lowest BCUT2D eigenvalue weighted by Gasteiger charge is -2.09. The molecule has 0 saturated carbocycles. The molecule has 0 aromatic heterocycles. The van der Waals surface area contributed by atoms with Crippen molar-refractivity contribution in [3.8, 4) is 5.75 Å². The van der Waals surface area contributed by atoms with E-state index in [0.717, 1.165) is 12.1 Å². The number of nitrogens with one attached hydrogen (secondary N) is 2. The molecule has 2 aromatic rings. The number of carbonyl (C=O) groups excluding carboxylic acids is 1. The van der Waals surface area contributed by atoms with Gasteiger partial charge in [-0.1, -0.05) is 24.3 Å². The number of benzene rings is 2. The zero-order chi connectivity index (χ0) is 19.9. The number of sulfonamides is 1. The summed E-state index contributed by atoms with van der Waals surface area (Å²) in [6.45, 7) is -2.99. The van der Waals surface area contributed by atoms with Crippen LogP contribution in [-0.4, -0.2) is 27.5 Å². The molecule has 10 heteroatoms. The highest BCUT2D eigenvalue weighted by Crippen LogP contribution is 2.15. The van der Waals surface area contributed by atoms with Crippen LogP contribution in [0.3, 0.4) is 0 Å². The fourth-order valence-electron chi connectivity index (χ4n) is 2.12. The molecule has 0 heterocycles. The van der Waals surface area contributed by atoms with Gasteiger partial charge in [-0.25, -0.2) is 17.5 Å². The van der Waals surface area contributed by atoms with Crippen LogP contribution in [0.5, 0.6) is 5.75 Å². The van der Waals surface area contributed by atoms with Crippen molar-refractivity contribution in [2.75, 3.05) is 6.54 Å². The first kappa shape index (κ1) is 20.7. The minimum absolute atomic E-state index is 0.00243. The first-order valence-electron chi connectivity index (χ1n) is 7.82. The molecule has 146 valence electrons. The van der Waals surface area contributed by atoms with Gasteiger partial charge in [0.15, 0.2) is 0 Å². The second kappa shape index (κ2) is 9.38. The topological polar surface area (TPSA) is 84.5 Å². The summed E-state index contributed by atoms with van der Waals surface area (Å²) < 4.78 is 68.0. The van der Waals surface area contributed by atoms with Crippen LogP contribution >= 0.6 is 0 Å². The molecule has 0 aliphatic rings. The van der Waals surface area contributed by atoms with Crippen molar-refractivity contribution in [3.05, 3.63) is 59.9 Å². The second-order valence-corrected chi connectivity index (χ2v) is 7.11. The largest absolute Gasteiger partial charge is 0.435 e. The Labute approximate surface area is 154 Å². The fraction of sp³-hybridized carbons (Fsp3) is 0.235. The third-order valence-corrected chi connectivity index (χ3v) is 4.90. The number of ether oxygens (including phenoxy) is 1. The van der Waals surface area contributed by atoms with E-state index >= 15 is 0 Å². The maximum atomic E-state index is 13.5. The molecule has 6 nitrogen and oxygen atoms in total. The summed E-state index contributed by atoms with van der Waals surface area (Å²) in [5.74, 6) is -1.31. The molecule has 0 atom stereocenters. The summed E-state index contributed by atoms with van der Waals surface area (Å²) in [6, 6.07) is 10.6. The molecule has 0 saturated heterocycles. The van der Waals surface area contributed by atoms with E-state index in [4.69, 9.17) is 0 Å². The van der Waals surface area contributed by atoms with Gasteiger partial charge in [-0.3, -0.25) is 4.79 Å². The van der Waals surface area contributed by atoms with Gasteiger partial charge >= 0.3 is 6.61 Å². The molecule has 0 unspecified atom stereocenters. The Balaban J connectivity index is 1.77. The number of amides is 1. The number of hydrogen-bond acceptors (Lipinski definition) is 4. The molecular formula is C17H17F3N2O4S. The molecule has 2 aromatic carbocycles. The van der Waals surface area contributed by atoms with Crippen molar-refractivity contribution in [2.45, 2.75) is 24.5 Å². The SMILES string of the molecule is O=C(CCNS(=O)(=O)c1ccccc1F)NCc1ccc(OC(F)F)cc1. The number of halogens is 3. The summed E-state index contributed by atoms with van der Waals surface area (Å²) in [6.07, 6.45) is -0.153. The molecule has 0 radical (unpaired) electrons. The van der Waals surface area contributed by atoms with E-state index in [0.29, 0.717) is 5.56 Å². The van der Waals surface area contributed by atoms with E-state index in [2.05, 4.69) is 14.8 Å². The Morgan fingerprint density at radius 3 is 2.37 bits per heavy atom. The number of rotatable bonds is 9. The van der Waals surface area contributed by atoms with E-state index in [1.807, 2.05) is 0 Å². The van der Waals surface area contributed by atoms with E-state index in [9.17, 15) is 26.4 Å². The minimum Gasteiger partial charge on any atom is -0.435 e. The average Bonchev–Trinajstić information content (AvgIpc) is 2.61. The number of alkyl halides is 2. The highest BCUT2D eigenvalue weighted by atomic mass is 32.2. The van der Waals surface area contributed by atoms with Gasteiger partial charge < -0.3 is 10.1 Å². The van der Waals surface area contributed by atoms with Crippen LogP contribution < -0.4 is 14.8 Å². The maximum absolute atomic E-state index is 13.5. The Kier molecular flexibility index (Phi) is 7.19. The molecular weight excluding hydrogens is 385 g/mol. The molecule has 0 aliphatic heterocycles. The van der Waals surface area contributed by atoms with Crippen molar-refractivity contribution in [2.24, 2.45) is 0 Å². The van der Waals surface area contributed by atoms with Gasteiger partial charge in [0.1, 0.15) is 16.5 Å². The first-order chi connectivity index (χ1) is 12.8. The summed E-state index contributed by atoms with van der Waals surface area (Å²) in [7, 11) is -4.05.